The van der Waals surface area contributed by atoms with Crippen molar-refractivity contribution in [3.05, 3.63) is 83.4 Å². The van der Waals surface area contributed by atoms with Gasteiger partial charge in [0.15, 0.2) is 9.84 Å². The molecule has 0 aliphatic carbocycles. The lowest BCUT2D eigenvalue weighted by Crippen LogP contribution is -2.22. The van der Waals surface area contributed by atoms with Crippen molar-refractivity contribution in [3.8, 4) is 11.5 Å². The van der Waals surface area contributed by atoms with Crippen molar-refractivity contribution in [3.63, 3.8) is 0 Å². The minimum absolute atomic E-state index is 0.362. The summed E-state index contributed by atoms with van der Waals surface area (Å²) in [6.07, 6.45) is 4.36. The number of hydrogen-bond donors (Lipinski definition) is 1. The molecular weight excluding hydrogens is 418 g/mol. The highest BCUT2D eigenvalue weighted by Gasteiger charge is 2.21. The van der Waals surface area contributed by atoms with Gasteiger partial charge in [0.05, 0.1) is 5.25 Å². The van der Waals surface area contributed by atoms with E-state index in [9.17, 15) is 8.42 Å². The quantitative estimate of drug-likeness (QED) is 0.366. The highest BCUT2D eigenvalue weighted by molar-refractivity contribution is 7.91. The third-order valence-corrected chi connectivity index (χ3v) is 7.43. The summed E-state index contributed by atoms with van der Waals surface area (Å²) < 4.78 is 30.5. The van der Waals surface area contributed by atoms with Crippen molar-refractivity contribution in [2.45, 2.75) is 51.7 Å². The zero-order chi connectivity index (χ0) is 23.1. The van der Waals surface area contributed by atoms with E-state index in [0.717, 1.165) is 46.8 Å². The Morgan fingerprint density at radius 1 is 0.969 bits per heavy atom. The fourth-order valence-electron chi connectivity index (χ4n) is 3.89. The van der Waals surface area contributed by atoms with E-state index in [1.807, 2.05) is 68.4 Å². The molecule has 32 heavy (non-hydrogen) atoms. The predicted molar refractivity (Wildman–Crippen MR) is 134 cm³/mol. The molecule has 1 unspecified atom stereocenters. The first-order chi connectivity index (χ1) is 15.3. The molecule has 0 heterocycles. The molecule has 3 rings (SSSR count). The fraction of sp³-hybridized carbons (Fsp3) is 0.333. The van der Waals surface area contributed by atoms with Gasteiger partial charge in [-0.3, -0.25) is 0 Å². The second kappa shape index (κ2) is 10.7. The van der Waals surface area contributed by atoms with Crippen molar-refractivity contribution in [1.82, 2.24) is 0 Å². The van der Waals surface area contributed by atoms with E-state index in [1.165, 1.54) is 11.8 Å². The van der Waals surface area contributed by atoms with Crippen LogP contribution in [0.3, 0.4) is 0 Å². The molecule has 0 amide bonds. The summed E-state index contributed by atoms with van der Waals surface area (Å²) in [6.45, 7) is 6.11. The van der Waals surface area contributed by atoms with Crippen LogP contribution in [0.5, 0.6) is 11.5 Å². The van der Waals surface area contributed by atoms with Gasteiger partial charge in [0.25, 0.3) is 0 Å². The standard InChI is InChI=1S/C27H33NO3S/c1-5-11-25-21(18-24(6-2)32(4,29)30)12-10-15-26(25)28-22-17-16-20(3)27(19-22)31-23-13-8-7-9-14-23/h7-10,12-17,19,24,28H,5-6,11,18H2,1-4H3. The average Bonchev–Trinajstić information content (AvgIpc) is 2.76. The van der Waals surface area contributed by atoms with Crippen LogP contribution in [-0.4, -0.2) is 19.9 Å². The molecule has 0 fully saturated rings. The summed E-state index contributed by atoms with van der Waals surface area (Å²) in [7, 11) is -3.09. The molecule has 0 aliphatic heterocycles. The molecule has 0 spiro atoms. The third kappa shape index (κ3) is 6.13. The number of ether oxygens (including phenoxy) is 1. The maximum Gasteiger partial charge on any atom is 0.150 e. The largest absolute Gasteiger partial charge is 0.457 e. The van der Waals surface area contributed by atoms with Gasteiger partial charge in [0, 0.05) is 23.7 Å². The first-order valence-electron chi connectivity index (χ1n) is 11.2. The summed E-state index contributed by atoms with van der Waals surface area (Å²) in [5.74, 6) is 1.60. The molecule has 1 atom stereocenters. The Morgan fingerprint density at radius 2 is 1.72 bits per heavy atom. The molecule has 3 aromatic carbocycles. The minimum Gasteiger partial charge on any atom is -0.457 e. The normalized spacial score (nSPS) is 12.4. The fourth-order valence-corrected chi connectivity index (χ4v) is 4.98. The van der Waals surface area contributed by atoms with Gasteiger partial charge in [-0.2, -0.15) is 0 Å². The monoisotopic (exact) mass is 451 g/mol. The maximum absolute atomic E-state index is 12.2. The average molecular weight is 452 g/mol. The number of para-hydroxylation sites is 1. The Balaban J connectivity index is 1.91. The molecule has 3 aromatic rings. The molecule has 5 heteroatoms. The molecule has 0 saturated heterocycles. The van der Waals surface area contributed by atoms with Crippen LogP contribution >= 0.6 is 0 Å². The van der Waals surface area contributed by atoms with Crippen molar-refractivity contribution in [1.29, 1.82) is 0 Å². The number of hydrogen-bond acceptors (Lipinski definition) is 4. The molecule has 4 nitrogen and oxygen atoms in total. The Kier molecular flexibility index (Phi) is 7.97. The van der Waals surface area contributed by atoms with Crippen LogP contribution in [-0.2, 0) is 22.7 Å². The predicted octanol–water partition coefficient (Wildman–Crippen LogP) is 6.85. The Labute approximate surface area is 192 Å². The number of nitrogens with one attached hydrogen (secondary N) is 1. The van der Waals surface area contributed by atoms with Crippen molar-refractivity contribution < 1.29 is 13.2 Å². The molecule has 0 radical (unpaired) electrons. The number of rotatable bonds is 10. The van der Waals surface area contributed by atoms with Gasteiger partial charge in [0.1, 0.15) is 11.5 Å². The van der Waals surface area contributed by atoms with E-state index in [-0.39, 0.29) is 5.25 Å². The second-order valence-corrected chi connectivity index (χ2v) is 10.6. The van der Waals surface area contributed by atoms with Crippen LogP contribution in [0.1, 0.15) is 43.4 Å². The number of anilines is 2. The lowest BCUT2D eigenvalue weighted by molar-refractivity contribution is 0.479. The van der Waals surface area contributed by atoms with Crippen molar-refractivity contribution in [2.75, 3.05) is 11.6 Å². The molecule has 170 valence electrons. The van der Waals surface area contributed by atoms with E-state index in [2.05, 4.69) is 24.4 Å². The summed E-state index contributed by atoms with van der Waals surface area (Å²) in [5.41, 5.74) is 5.29. The van der Waals surface area contributed by atoms with E-state index < -0.39 is 9.84 Å². The number of sulfone groups is 1. The second-order valence-electron chi connectivity index (χ2n) is 8.28. The van der Waals surface area contributed by atoms with E-state index >= 15 is 0 Å². The molecular formula is C27H33NO3S. The SMILES string of the molecule is CCCc1c(CC(CC)S(C)(=O)=O)cccc1Nc1ccc(C)c(Oc2ccccc2)c1. The minimum atomic E-state index is -3.09. The lowest BCUT2D eigenvalue weighted by Gasteiger charge is -2.20. The highest BCUT2D eigenvalue weighted by atomic mass is 32.2. The van der Waals surface area contributed by atoms with Crippen LogP contribution in [0.4, 0.5) is 11.4 Å². The molecule has 0 aromatic heterocycles. The summed E-state index contributed by atoms with van der Waals surface area (Å²) in [6, 6.07) is 22.0. The number of benzene rings is 3. The summed E-state index contributed by atoms with van der Waals surface area (Å²) >= 11 is 0. The smallest absolute Gasteiger partial charge is 0.150 e. The first-order valence-corrected chi connectivity index (χ1v) is 13.2. The number of aryl methyl sites for hydroxylation is 1. The van der Waals surface area contributed by atoms with Gasteiger partial charge < -0.3 is 10.1 Å². The zero-order valence-corrected chi connectivity index (χ0v) is 20.2. The van der Waals surface area contributed by atoms with Gasteiger partial charge >= 0.3 is 0 Å². The molecule has 0 bridgehead atoms. The molecule has 0 aliphatic rings. The van der Waals surface area contributed by atoms with Crippen LogP contribution in [0.25, 0.3) is 0 Å². The summed E-state index contributed by atoms with van der Waals surface area (Å²) in [4.78, 5) is 0. The van der Waals surface area contributed by atoms with E-state index in [1.54, 1.807) is 0 Å². The van der Waals surface area contributed by atoms with Crippen LogP contribution < -0.4 is 10.1 Å². The lowest BCUT2D eigenvalue weighted by atomic mass is 9.96. The van der Waals surface area contributed by atoms with E-state index in [0.29, 0.717) is 12.8 Å². The Bertz CT molecular complexity index is 1140. The molecule has 0 saturated carbocycles. The summed E-state index contributed by atoms with van der Waals surface area (Å²) in [5, 5.41) is 3.19. The van der Waals surface area contributed by atoms with Gasteiger partial charge in [-0.05, 0) is 67.1 Å². The van der Waals surface area contributed by atoms with Gasteiger partial charge in [-0.25, -0.2) is 8.42 Å². The van der Waals surface area contributed by atoms with Gasteiger partial charge in [-0.15, -0.1) is 0 Å². The van der Waals surface area contributed by atoms with E-state index in [4.69, 9.17) is 4.74 Å². The van der Waals surface area contributed by atoms with Gasteiger partial charge in [0.2, 0.25) is 0 Å². The zero-order valence-electron chi connectivity index (χ0n) is 19.4. The van der Waals surface area contributed by atoms with Crippen LogP contribution in [0.2, 0.25) is 0 Å². The third-order valence-electron chi connectivity index (χ3n) is 5.72. The van der Waals surface area contributed by atoms with Gasteiger partial charge in [-0.1, -0.05) is 56.7 Å². The van der Waals surface area contributed by atoms with Crippen LogP contribution in [0.15, 0.2) is 66.7 Å². The first kappa shape index (κ1) is 23.9. The maximum atomic E-state index is 12.2. The Morgan fingerprint density at radius 3 is 2.38 bits per heavy atom. The highest BCUT2D eigenvalue weighted by Crippen LogP contribution is 2.32. The Hall–Kier alpha value is -2.79. The van der Waals surface area contributed by atoms with Crippen LogP contribution in [0, 0.1) is 6.92 Å². The van der Waals surface area contributed by atoms with Crippen molar-refractivity contribution >= 4 is 21.2 Å². The van der Waals surface area contributed by atoms with Crippen molar-refractivity contribution in [2.24, 2.45) is 0 Å². The molecule has 1 N–H and O–H groups in total. The topological polar surface area (TPSA) is 55.4 Å².